The van der Waals surface area contributed by atoms with E-state index in [-0.39, 0.29) is 28.0 Å². The van der Waals surface area contributed by atoms with Crippen molar-refractivity contribution in [3.8, 4) is 0 Å². The molecule has 0 saturated carbocycles. The normalized spacial score (nSPS) is 12.8. The van der Waals surface area contributed by atoms with E-state index >= 15 is 0 Å². The Morgan fingerprint density at radius 1 is 1.04 bits per heavy atom. The molecule has 0 aromatic heterocycles. The fraction of sp³-hybridized carbons (Fsp3) is 0.222. The molecule has 0 bridgehead atoms. The van der Waals surface area contributed by atoms with Crippen LogP contribution in [0.25, 0.3) is 0 Å². The average molecular weight is 349 g/mol. The third-order valence-electron chi connectivity index (χ3n) is 3.93. The standard InChI is InChI=1S/C18H14Cl2O3/c19-15-6-2-5-14(17(15)20)18(22)23-10-16(21)13-8-7-11-3-1-4-12(11)9-13/h2,5-9H,1,3-4,10H2. The van der Waals surface area contributed by atoms with E-state index in [2.05, 4.69) is 0 Å². The lowest BCUT2D eigenvalue weighted by Gasteiger charge is -2.07. The lowest BCUT2D eigenvalue weighted by Crippen LogP contribution is -2.15. The molecule has 0 N–H and O–H groups in total. The Morgan fingerprint density at radius 2 is 1.83 bits per heavy atom. The van der Waals surface area contributed by atoms with Crippen LogP contribution < -0.4 is 0 Å². The number of hydrogen-bond donors (Lipinski definition) is 0. The predicted molar refractivity (Wildman–Crippen MR) is 89.5 cm³/mol. The summed E-state index contributed by atoms with van der Waals surface area (Å²) in [6, 6.07) is 10.3. The number of fused-ring (bicyclic) bond motifs is 1. The summed E-state index contributed by atoms with van der Waals surface area (Å²) in [5.74, 6) is -0.891. The van der Waals surface area contributed by atoms with E-state index in [1.54, 1.807) is 18.2 Å². The first-order valence-corrected chi connectivity index (χ1v) is 8.08. The van der Waals surface area contributed by atoms with E-state index in [0.717, 1.165) is 19.3 Å². The second-order valence-electron chi connectivity index (χ2n) is 5.44. The van der Waals surface area contributed by atoms with Gasteiger partial charge in [-0.05, 0) is 48.6 Å². The van der Waals surface area contributed by atoms with Gasteiger partial charge in [0.2, 0.25) is 0 Å². The highest BCUT2D eigenvalue weighted by Crippen LogP contribution is 2.26. The predicted octanol–water partition coefficient (Wildman–Crippen LogP) is 4.52. The zero-order chi connectivity index (χ0) is 16.4. The van der Waals surface area contributed by atoms with Crippen LogP contribution in [0.3, 0.4) is 0 Å². The summed E-state index contributed by atoms with van der Waals surface area (Å²) in [6.07, 6.45) is 3.18. The van der Waals surface area contributed by atoms with E-state index in [4.69, 9.17) is 27.9 Å². The highest BCUT2D eigenvalue weighted by Gasteiger charge is 2.18. The Bertz CT molecular complexity index is 784. The van der Waals surface area contributed by atoms with Gasteiger partial charge in [-0.3, -0.25) is 4.79 Å². The van der Waals surface area contributed by atoms with Crippen molar-refractivity contribution in [1.82, 2.24) is 0 Å². The lowest BCUT2D eigenvalue weighted by atomic mass is 10.0. The van der Waals surface area contributed by atoms with Crippen molar-refractivity contribution in [2.45, 2.75) is 19.3 Å². The first-order chi connectivity index (χ1) is 11.1. The van der Waals surface area contributed by atoms with Gasteiger partial charge in [0.25, 0.3) is 0 Å². The maximum absolute atomic E-state index is 12.2. The number of benzene rings is 2. The molecule has 3 rings (SSSR count). The minimum Gasteiger partial charge on any atom is -0.454 e. The minimum absolute atomic E-state index is 0.129. The molecule has 0 spiro atoms. The van der Waals surface area contributed by atoms with Gasteiger partial charge in [0.1, 0.15) is 0 Å². The van der Waals surface area contributed by atoms with E-state index in [0.29, 0.717) is 5.56 Å². The van der Waals surface area contributed by atoms with Gasteiger partial charge >= 0.3 is 5.97 Å². The molecule has 0 atom stereocenters. The number of Topliss-reactive ketones (excluding diaryl/α,β-unsaturated/α-hetero) is 1. The average Bonchev–Trinajstić information content (AvgIpc) is 3.02. The minimum atomic E-state index is -0.660. The fourth-order valence-electron chi connectivity index (χ4n) is 2.70. The Hall–Kier alpha value is -1.84. The van der Waals surface area contributed by atoms with Crippen molar-refractivity contribution in [1.29, 1.82) is 0 Å². The van der Waals surface area contributed by atoms with E-state index in [9.17, 15) is 9.59 Å². The highest BCUT2D eigenvalue weighted by molar-refractivity contribution is 6.43. The molecule has 0 saturated heterocycles. The SMILES string of the molecule is O=C(COC(=O)c1cccc(Cl)c1Cl)c1ccc2c(c1)CCC2. The number of halogens is 2. The van der Waals surface area contributed by atoms with Gasteiger partial charge in [0.05, 0.1) is 15.6 Å². The zero-order valence-electron chi connectivity index (χ0n) is 12.3. The molecular weight excluding hydrogens is 335 g/mol. The molecule has 1 aliphatic rings. The number of esters is 1. The molecule has 0 aliphatic heterocycles. The smallest absolute Gasteiger partial charge is 0.340 e. The Labute approximate surface area is 144 Å². The molecule has 2 aromatic carbocycles. The number of ketones is 1. The summed E-state index contributed by atoms with van der Waals surface area (Å²) in [7, 11) is 0. The van der Waals surface area contributed by atoms with Crippen LogP contribution in [-0.2, 0) is 17.6 Å². The van der Waals surface area contributed by atoms with Crippen molar-refractivity contribution in [2.24, 2.45) is 0 Å². The van der Waals surface area contributed by atoms with Gasteiger partial charge in [0, 0.05) is 5.56 Å². The van der Waals surface area contributed by atoms with Gasteiger partial charge in [0.15, 0.2) is 12.4 Å². The second-order valence-corrected chi connectivity index (χ2v) is 6.22. The van der Waals surface area contributed by atoms with Crippen LogP contribution in [0.4, 0.5) is 0 Å². The quantitative estimate of drug-likeness (QED) is 0.602. The summed E-state index contributed by atoms with van der Waals surface area (Å²) in [6.45, 7) is -0.319. The molecular formula is C18H14Cl2O3. The monoisotopic (exact) mass is 348 g/mol. The molecule has 0 amide bonds. The molecule has 0 radical (unpaired) electrons. The van der Waals surface area contributed by atoms with Crippen molar-refractivity contribution in [3.05, 3.63) is 68.7 Å². The van der Waals surface area contributed by atoms with Gasteiger partial charge in [-0.15, -0.1) is 0 Å². The third kappa shape index (κ3) is 3.41. The molecule has 118 valence electrons. The first-order valence-electron chi connectivity index (χ1n) is 7.32. The summed E-state index contributed by atoms with van der Waals surface area (Å²) in [5, 5.41) is 0.398. The number of hydrogen-bond acceptors (Lipinski definition) is 3. The van der Waals surface area contributed by atoms with Gasteiger partial charge in [-0.2, -0.15) is 0 Å². The Balaban J connectivity index is 1.67. The Kier molecular flexibility index (Phi) is 4.69. The van der Waals surface area contributed by atoms with Gasteiger partial charge in [-0.25, -0.2) is 4.79 Å². The van der Waals surface area contributed by atoms with Crippen LogP contribution in [0, 0.1) is 0 Å². The third-order valence-corrected chi connectivity index (χ3v) is 4.75. The second kappa shape index (κ2) is 6.73. The lowest BCUT2D eigenvalue weighted by molar-refractivity contribution is 0.0475. The first kappa shape index (κ1) is 16.0. The summed E-state index contributed by atoms with van der Waals surface area (Å²) in [4.78, 5) is 24.2. The molecule has 0 fully saturated rings. The van der Waals surface area contributed by atoms with E-state index in [1.165, 1.54) is 17.2 Å². The molecule has 2 aromatic rings. The largest absolute Gasteiger partial charge is 0.454 e. The molecule has 23 heavy (non-hydrogen) atoms. The van der Waals surface area contributed by atoms with Crippen molar-refractivity contribution in [2.75, 3.05) is 6.61 Å². The molecule has 0 heterocycles. The topological polar surface area (TPSA) is 43.4 Å². The number of carbonyl (C=O) groups excluding carboxylic acids is 2. The van der Waals surface area contributed by atoms with Crippen LogP contribution >= 0.6 is 23.2 Å². The van der Waals surface area contributed by atoms with Crippen molar-refractivity contribution in [3.63, 3.8) is 0 Å². The number of carbonyl (C=O) groups is 2. The summed E-state index contributed by atoms with van der Waals surface area (Å²) in [5.41, 5.74) is 3.22. The maximum atomic E-state index is 12.2. The van der Waals surface area contributed by atoms with Crippen LogP contribution in [0.2, 0.25) is 10.0 Å². The highest BCUT2D eigenvalue weighted by atomic mass is 35.5. The molecule has 0 unspecified atom stereocenters. The zero-order valence-corrected chi connectivity index (χ0v) is 13.8. The Morgan fingerprint density at radius 3 is 2.65 bits per heavy atom. The number of rotatable bonds is 4. The van der Waals surface area contributed by atoms with Crippen LogP contribution in [0.5, 0.6) is 0 Å². The van der Waals surface area contributed by atoms with Gasteiger partial charge < -0.3 is 4.74 Å². The number of ether oxygens (including phenoxy) is 1. The summed E-state index contributed by atoms with van der Waals surface area (Å²) >= 11 is 11.8. The summed E-state index contributed by atoms with van der Waals surface area (Å²) < 4.78 is 5.07. The van der Waals surface area contributed by atoms with Crippen LogP contribution in [0.1, 0.15) is 38.3 Å². The van der Waals surface area contributed by atoms with E-state index in [1.807, 2.05) is 12.1 Å². The number of aryl methyl sites for hydroxylation is 2. The van der Waals surface area contributed by atoms with Crippen LogP contribution in [-0.4, -0.2) is 18.4 Å². The van der Waals surface area contributed by atoms with Crippen molar-refractivity contribution >= 4 is 35.0 Å². The fourth-order valence-corrected chi connectivity index (χ4v) is 3.08. The molecule has 5 heteroatoms. The van der Waals surface area contributed by atoms with Crippen LogP contribution in [0.15, 0.2) is 36.4 Å². The molecule has 3 nitrogen and oxygen atoms in total. The van der Waals surface area contributed by atoms with Gasteiger partial charge in [-0.1, -0.05) is 41.4 Å². The van der Waals surface area contributed by atoms with Crippen molar-refractivity contribution < 1.29 is 14.3 Å². The maximum Gasteiger partial charge on any atom is 0.340 e. The van der Waals surface area contributed by atoms with E-state index < -0.39 is 5.97 Å². The molecule has 1 aliphatic carbocycles.